The summed E-state index contributed by atoms with van der Waals surface area (Å²) in [5.74, 6) is 0.788. The first-order valence-electron chi connectivity index (χ1n) is 7.01. The van der Waals surface area contributed by atoms with E-state index in [0.717, 1.165) is 57.2 Å². The molecule has 2 heterocycles. The number of nitrogens with one attached hydrogen (secondary N) is 2. The van der Waals surface area contributed by atoms with Crippen molar-refractivity contribution < 1.29 is 4.74 Å². The third kappa shape index (κ3) is 5.40. The predicted molar refractivity (Wildman–Crippen MR) is 85.1 cm³/mol. The van der Waals surface area contributed by atoms with Crippen molar-refractivity contribution in [2.45, 2.75) is 13.3 Å². The molecule has 1 aliphatic rings. The van der Waals surface area contributed by atoms with Crippen molar-refractivity contribution in [1.29, 1.82) is 0 Å². The Morgan fingerprint density at radius 2 is 2.25 bits per heavy atom. The lowest BCUT2D eigenvalue weighted by Gasteiger charge is -2.26. The summed E-state index contributed by atoms with van der Waals surface area (Å²) in [4.78, 5) is 6.64. The van der Waals surface area contributed by atoms with E-state index < -0.39 is 0 Å². The lowest BCUT2D eigenvalue weighted by molar-refractivity contribution is 0.0376. The van der Waals surface area contributed by atoms with Crippen molar-refractivity contribution in [3.8, 4) is 0 Å². The van der Waals surface area contributed by atoms with Gasteiger partial charge in [-0.3, -0.25) is 4.90 Å². The molecular formula is C14H22N4OS. The Kier molecular flexibility index (Phi) is 6.17. The van der Waals surface area contributed by atoms with Crippen molar-refractivity contribution in [3.05, 3.63) is 23.9 Å². The minimum Gasteiger partial charge on any atom is -0.379 e. The first-order chi connectivity index (χ1) is 9.74. The number of rotatable bonds is 5. The Morgan fingerprint density at radius 1 is 1.45 bits per heavy atom. The zero-order chi connectivity index (χ0) is 14.2. The van der Waals surface area contributed by atoms with E-state index in [1.807, 2.05) is 19.1 Å². The largest absolute Gasteiger partial charge is 0.379 e. The molecule has 1 fully saturated rings. The summed E-state index contributed by atoms with van der Waals surface area (Å²) in [7, 11) is 0. The molecule has 0 saturated carbocycles. The number of pyridine rings is 1. The second-order valence-electron chi connectivity index (χ2n) is 4.91. The number of hydrogen-bond acceptors (Lipinski definition) is 4. The normalized spacial score (nSPS) is 15.8. The van der Waals surface area contributed by atoms with Crippen molar-refractivity contribution >= 4 is 23.1 Å². The third-order valence-electron chi connectivity index (χ3n) is 3.20. The number of aryl methyl sites for hydroxylation is 1. The molecule has 1 aliphatic heterocycles. The summed E-state index contributed by atoms with van der Waals surface area (Å²) in [6, 6.07) is 3.94. The van der Waals surface area contributed by atoms with E-state index in [1.54, 1.807) is 6.20 Å². The molecule has 0 atom stereocenters. The van der Waals surface area contributed by atoms with Gasteiger partial charge in [0, 0.05) is 25.8 Å². The maximum atomic E-state index is 5.33. The molecule has 0 radical (unpaired) electrons. The summed E-state index contributed by atoms with van der Waals surface area (Å²) in [5, 5.41) is 6.94. The minimum absolute atomic E-state index is 0.630. The summed E-state index contributed by atoms with van der Waals surface area (Å²) < 4.78 is 5.33. The topological polar surface area (TPSA) is 49.4 Å². The first-order valence-corrected chi connectivity index (χ1v) is 7.42. The van der Waals surface area contributed by atoms with Crippen LogP contribution < -0.4 is 10.6 Å². The second kappa shape index (κ2) is 8.14. The molecule has 1 aromatic heterocycles. The van der Waals surface area contributed by atoms with E-state index in [2.05, 4.69) is 20.5 Å². The van der Waals surface area contributed by atoms with Crippen molar-refractivity contribution in [2.24, 2.45) is 0 Å². The highest BCUT2D eigenvalue weighted by molar-refractivity contribution is 7.80. The zero-order valence-electron chi connectivity index (χ0n) is 11.9. The van der Waals surface area contributed by atoms with E-state index in [1.165, 1.54) is 0 Å². The third-order valence-corrected chi connectivity index (χ3v) is 3.44. The predicted octanol–water partition coefficient (Wildman–Crippen LogP) is 1.40. The summed E-state index contributed by atoms with van der Waals surface area (Å²) in [6.45, 7) is 7.77. The summed E-state index contributed by atoms with van der Waals surface area (Å²) in [5.41, 5.74) is 1.16. The standard InChI is InChI=1S/C14H22N4OS/c1-12-3-5-15-13(11-12)17-14(20)16-4-2-6-18-7-9-19-10-8-18/h3,5,11H,2,4,6-10H2,1H3,(H2,15,16,17,20). The summed E-state index contributed by atoms with van der Waals surface area (Å²) >= 11 is 5.25. The van der Waals surface area contributed by atoms with Gasteiger partial charge in [-0.1, -0.05) is 0 Å². The number of thiocarbonyl (C=S) groups is 1. The Balaban J connectivity index is 1.60. The Bertz CT molecular complexity index is 435. The average Bonchev–Trinajstić information content (AvgIpc) is 2.45. The molecule has 1 saturated heterocycles. The fraction of sp³-hybridized carbons (Fsp3) is 0.571. The highest BCUT2D eigenvalue weighted by Gasteiger charge is 2.09. The van der Waals surface area contributed by atoms with Crippen molar-refractivity contribution in [3.63, 3.8) is 0 Å². The molecule has 2 N–H and O–H groups in total. The van der Waals surface area contributed by atoms with Crippen LogP contribution in [0.5, 0.6) is 0 Å². The van der Waals surface area contributed by atoms with Crippen LogP contribution in [0.4, 0.5) is 5.82 Å². The van der Waals surface area contributed by atoms with Crippen LogP contribution in [-0.4, -0.2) is 54.4 Å². The molecule has 110 valence electrons. The van der Waals surface area contributed by atoms with Gasteiger partial charge >= 0.3 is 0 Å². The van der Waals surface area contributed by atoms with Gasteiger partial charge < -0.3 is 15.4 Å². The molecule has 1 aromatic rings. The number of ether oxygens (including phenoxy) is 1. The number of hydrogen-bond donors (Lipinski definition) is 2. The number of morpholine rings is 1. The molecule has 0 aromatic carbocycles. The van der Waals surface area contributed by atoms with Gasteiger partial charge in [-0.05, 0) is 49.8 Å². The molecule has 20 heavy (non-hydrogen) atoms. The fourth-order valence-corrected chi connectivity index (χ4v) is 2.30. The highest BCUT2D eigenvalue weighted by Crippen LogP contribution is 2.04. The molecule has 0 unspecified atom stereocenters. The van der Waals surface area contributed by atoms with Crippen LogP contribution in [0.15, 0.2) is 18.3 Å². The molecule has 5 nitrogen and oxygen atoms in total. The van der Waals surface area contributed by atoms with Crippen LogP contribution in [0.1, 0.15) is 12.0 Å². The SMILES string of the molecule is Cc1ccnc(NC(=S)NCCCN2CCOCC2)c1. The van der Waals surface area contributed by atoms with Crippen LogP contribution in [-0.2, 0) is 4.74 Å². The van der Waals surface area contributed by atoms with Crippen LogP contribution in [0.3, 0.4) is 0 Å². The van der Waals surface area contributed by atoms with Crippen molar-refractivity contribution in [1.82, 2.24) is 15.2 Å². The molecular weight excluding hydrogens is 272 g/mol. The number of aromatic nitrogens is 1. The minimum atomic E-state index is 0.630. The fourth-order valence-electron chi connectivity index (χ4n) is 2.09. The second-order valence-corrected chi connectivity index (χ2v) is 5.32. The lowest BCUT2D eigenvalue weighted by atomic mass is 10.3. The van der Waals surface area contributed by atoms with Gasteiger partial charge in [-0.15, -0.1) is 0 Å². The monoisotopic (exact) mass is 294 g/mol. The first kappa shape index (κ1) is 15.2. The van der Waals surface area contributed by atoms with E-state index in [0.29, 0.717) is 5.11 Å². The zero-order valence-corrected chi connectivity index (χ0v) is 12.7. The molecule has 0 bridgehead atoms. The van der Waals surface area contributed by atoms with Crippen LogP contribution in [0, 0.1) is 6.92 Å². The highest BCUT2D eigenvalue weighted by atomic mass is 32.1. The smallest absolute Gasteiger partial charge is 0.171 e. The van der Waals surface area contributed by atoms with Crippen LogP contribution in [0.25, 0.3) is 0 Å². The molecule has 0 amide bonds. The molecule has 0 aliphatic carbocycles. The van der Waals surface area contributed by atoms with E-state index in [4.69, 9.17) is 17.0 Å². The Morgan fingerprint density at radius 3 is 3.00 bits per heavy atom. The number of nitrogens with zero attached hydrogens (tertiary/aromatic N) is 2. The van der Waals surface area contributed by atoms with Gasteiger partial charge in [0.05, 0.1) is 13.2 Å². The van der Waals surface area contributed by atoms with Gasteiger partial charge in [-0.2, -0.15) is 0 Å². The van der Waals surface area contributed by atoms with Gasteiger partial charge in [0.25, 0.3) is 0 Å². The van der Waals surface area contributed by atoms with E-state index in [9.17, 15) is 0 Å². The summed E-state index contributed by atoms with van der Waals surface area (Å²) in [6.07, 6.45) is 2.85. The quantitative estimate of drug-likeness (QED) is 0.632. The Labute approximate surface area is 125 Å². The molecule has 0 spiro atoms. The van der Waals surface area contributed by atoms with Gasteiger partial charge in [0.15, 0.2) is 5.11 Å². The van der Waals surface area contributed by atoms with Crippen LogP contribution >= 0.6 is 12.2 Å². The number of anilines is 1. The maximum absolute atomic E-state index is 5.33. The van der Waals surface area contributed by atoms with Crippen molar-refractivity contribution in [2.75, 3.05) is 44.7 Å². The maximum Gasteiger partial charge on any atom is 0.171 e. The average molecular weight is 294 g/mol. The molecule has 6 heteroatoms. The van der Waals surface area contributed by atoms with E-state index in [-0.39, 0.29) is 0 Å². The van der Waals surface area contributed by atoms with Gasteiger partial charge in [0.1, 0.15) is 5.82 Å². The lowest BCUT2D eigenvalue weighted by Crippen LogP contribution is -2.38. The Hall–Kier alpha value is -1.24. The molecule has 2 rings (SSSR count). The van der Waals surface area contributed by atoms with Gasteiger partial charge in [-0.25, -0.2) is 4.98 Å². The van der Waals surface area contributed by atoms with Gasteiger partial charge in [0.2, 0.25) is 0 Å². The van der Waals surface area contributed by atoms with Crippen LogP contribution in [0.2, 0.25) is 0 Å². The van der Waals surface area contributed by atoms with E-state index >= 15 is 0 Å².